The molecular formula is C26H28F3N6O6P. The number of rotatable bonds is 7. The minimum absolute atomic E-state index is 0.0518. The smallest absolute Gasteiger partial charge is 0.421 e. The van der Waals surface area contributed by atoms with Gasteiger partial charge in [-0.1, -0.05) is 6.07 Å². The molecule has 0 radical (unpaired) electrons. The molecule has 1 aliphatic carbocycles. The number of nitrogens with one attached hydrogen (secondary N) is 2. The molecule has 1 aromatic carbocycles. The standard InChI is InChI=1S/C26H28F3N6O6P/c1-34-12-18-17(15-3-5-16(36)6-4-15)7-8-20(22(18)24(34)37)31-23-19(26(27,28)29)10-30-25(33-23)32-21-9-2-14(11-35(21)38)13-42(39,40)41/h2,7-11,15-16,36H,3-6,12-13H2,1H3,(H2,39,40,41)(H2,30,31,32,33)/t15-,16-. The van der Waals surface area contributed by atoms with Crippen molar-refractivity contribution in [2.45, 2.75) is 56.6 Å². The summed E-state index contributed by atoms with van der Waals surface area (Å²) in [5.41, 5.74) is 0.894. The number of halogens is 3. The first-order chi connectivity index (χ1) is 19.7. The number of carbonyl (C=O) groups is 1. The highest BCUT2D eigenvalue weighted by molar-refractivity contribution is 7.50. The van der Waals surface area contributed by atoms with Crippen LogP contribution in [0.1, 0.15) is 64.2 Å². The number of alkyl halides is 3. The monoisotopic (exact) mass is 608 g/mol. The number of aliphatic hydroxyl groups is 1. The normalized spacial score (nSPS) is 19.1. The summed E-state index contributed by atoms with van der Waals surface area (Å²) in [6.45, 7) is 0.294. The van der Waals surface area contributed by atoms with E-state index in [1.54, 1.807) is 19.2 Å². The fraction of sp³-hybridized carbons (Fsp3) is 0.385. The summed E-state index contributed by atoms with van der Waals surface area (Å²) in [7, 11) is -2.82. The van der Waals surface area contributed by atoms with Gasteiger partial charge < -0.3 is 30.3 Å². The van der Waals surface area contributed by atoms with Crippen molar-refractivity contribution in [2.24, 2.45) is 0 Å². The Kier molecular flexibility index (Phi) is 7.88. The second-order valence-electron chi connectivity index (χ2n) is 10.5. The van der Waals surface area contributed by atoms with E-state index in [1.807, 2.05) is 0 Å². The molecule has 0 saturated heterocycles. The average Bonchev–Trinajstić information content (AvgIpc) is 3.19. The second-order valence-corrected chi connectivity index (χ2v) is 12.1. The predicted molar refractivity (Wildman–Crippen MR) is 144 cm³/mol. The van der Waals surface area contributed by atoms with Gasteiger partial charge in [-0.05, 0) is 54.9 Å². The minimum atomic E-state index is -4.85. The van der Waals surface area contributed by atoms with Crippen molar-refractivity contribution in [1.82, 2.24) is 14.9 Å². The van der Waals surface area contributed by atoms with Crippen molar-refractivity contribution < 1.29 is 42.2 Å². The number of carbonyl (C=O) groups excluding carboxylic acids is 1. The highest BCUT2D eigenvalue weighted by atomic mass is 31.2. The molecule has 0 unspecified atom stereocenters. The number of benzene rings is 1. The van der Waals surface area contributed by atoms with Crippen LogP contribution in [0, 0.1) is 5.21 Å². The Morgan fingerprint density at radius 2 is 1.86 bits per heavy atom. The first-order valence-electron chi connectivity index (χ1n) is 13.0. The van der Waals surface area contributed by atoms with Gasteiger partial charge in [0, 0.05) is 31.4 Å². The van der Waals surface area contributed by atoms with Crippen LogP contribution < -0.4 is 15.4 Å². The lowest BCUT2D eigenvalue weighted by Crippen LogP contribution is -2.30. The Labute approximate surface area is 238 Å². The van der Waals surface area contributed by atoms with E-state index in [-0.39, 0.29) is 51.2 Å². The molecule has 0 spiro atoms. The summed E-state index contributed by atoms with van der Waals surface area (Å²) in [6.07, 6.45) is -1.69. The molecule has 1 aliphatic heterocycles. The van der Waals surface area contributed by atoms with E-state index in [4.69, 9.17) is 9.79 Å². The molecule has 5 N–H and O–H groups in total. The van der Waals surface area contributed by atoms with Crippen molar-refractivity contribution in [3.63, 3.8) is 0 Å². The number of hydrogen-bond donors (Lipinski definition) is 5. The molecule has 2 aromatic heterocycles. The zero-order valence-corrected chi connectivity index (χ0v) is 23.2. The fourth-order valence-electron chi connectivity index (χ4n) is 5.39. The molecule has 224 valence electrons. The molecule has 1 amide bonds. The third-order valence-electron chi connectivity index (χ3n) is 7.39. The number of anilines is 4. The highest BCUT2D eigenvalue weighted by Crippen LogP contribution is 2.42. The highest BCUT2D eigenvalue weighted by Gasteiger charge is 2.38. The van der Waals surface area contributed by atoms with Gasteiger partial charge >= 0.3 is 19.7 Å². The maximum atomic E-state index is 14.0. The molecule has 12 nitrogen and oxygen atoms in total. The fourth-order valence-corrected chi connectivity index (χ4v) is 6.05. The van der Waals surface area contributed by atoms with Crippen LogP contribution in [-0.4, -0.2) is 48.8 Å². The predicted octanol–water partition coefficient (Wildman–Crippen LogP) is 3.90. The first kappa shape index (κ1) is 29.7. The number of nitrogens with zero attached hydrogens (tertiary/aromatic N) is 4. The van der Waals surface area contributed by atoms with Crippen LogP contribution in [0.15, 0.2) is 36.7 Å². The third-order valence-corrected chi connectivity index (χ3v) is 8.17. The average molecular weight is 609 g/mol. The number of aromatic nitrogens is 3. The van der Waals surface area contributed by atoms with Gasteiger partial charge in [0.2, 0.25) is 0 Å². The molecule has 1 fully saturated rings. The van der Waals surface area contributed by atoms with Crippen LogP contribution >= 0.6 is 7.60 Å². The lowest BCUT2D eigenvalue weighted by atomic mass is 9.80. The number of fused-ring (bicyclic) bond motifs is 1. The van der Waals surface area contributed by atoms with E-state index < -0.39 is 31.3 Å². The molecule has 2 aliphatic rings. The molecule has 0 bridgehead atoms. The first-order valence-corrected chi connectivity index (χ1v) is 14.8. The molecule has 5 rings (SSSR count). The Bertz CT molecular complexity index is 1570. The number of pyridine rings is 1. The van der Waals surface area contributed by atoms with Crippen molar-refractivity contribution in [1.29, 1.82) is 0 Å². The summed E-state index contributed by atoms with van der Waals surface area (Å²) in [5.74, 6) is -1.45. The summed E-state index contributed by atoms with van der Waals surface area (Å²) in [4.78, 5) is 40.5. The lowest BCUT2D eigenvalue weighted by molar-refractivity contribution is -0.590. The summed E-state index contributed by atoms with van der Waals surface area (Å²) >= 11 is 0. The van der Waals surface area contributed by atoms with Crippen molar-refractivity contribution in [2.75, 3.05) is 17.7 Å². The van der Waals surface area contributed by atoms with Crippen LogP contribution in [0.3, 0.4) is 0 Å². The largest absolute Gasteiger partial charge is 0.711 e. The number of hydrogen-bond acceptors (Lipinski definition) is 8. The van der Waals surface area contributed by atoms with Gasteiger partial charge in [0.15, 0.2) is 5.82 Å². The maximum Gasteiger partial charge on any atom is 0.421 e. The Morgan fingerprint density at radius 1 is 1.14 bits per heavy atom. The molecule has 42 heavy (non-hydrogen) atoms. The zero-order chi connectivity index (χ0) is 30.4. The van der Waals surface area contributed by atoms with Crippen molar-refractivity contribution in [3.8, 4) is 0 Å². The molecule has 1 saturated carbocycles. The van der Waals surface area contributed by atoms with Gasteiger partial charge in [-0.3, -0.25) is 9.36 Å². The minimum Gasteiger partial charge on any atom is -0.711 e. The number of amides is 1. The SMILES string of the molecule is CN1Cc2c(c(Nc3nc(Nc4ccc(CP(=O)(O)O)c[n+]4[O-])ncc3C(F)(F)F)ccc2[C@H]2CC[C@H](O)CC2)C1=O. The van der Waals surface area contributed by atoms with Gasteiger partial charge in [0.25, 0.3) is 11.7 Å². The third kappa shape index (κ3) is 6.33. The second kappa shape index (κ2) is 11.1. The van der Waals surface area contributed by atoms with Crippen molar-refractivity contribution in [3.05, 3.63) is 69.7 Å². The van der Waals surface area contributed by atoms with Crippen LogP contribution in [0.4, 0.5) is 36.4 Å². The molecule has 3 aromatic rings. The van der Waals surface area contributed by atoms with E-state index in [1.165, 1.54) is 17.0 Å². The molecule has 3 heterocycles. The Balaban J connectivity index is 1.48. The molecule has 0 atom stereocenters. The zero-order valence-electron chi connectivity index (χ0n) is 22.3. The van der Waals surface area contributed by atoms with Crippen LogP contribution in [0.2, 0.25) is 0 Å². The van der Waals surface area contributed by atoms with Gasteiger partial charge in [-0.2, -0.15) is 23.1 Å². The Hall–Kier alpha value is -3.78. The quantitative estimate of drug-likeness (QED) is 0.150. The van der Waals surface area contributed by atoms with E-state index in [9.17, 15) is 32.8 Å². The van der Waals surface area contributed by atoms with E-state index in [0.717, 1.165) is 30.2 Å². The Morgan fingerprint density at radius 3 is 2.50 bits per heavy atom. The number of aliphatic hydroxyl groups excluding tert-OH is 1. The molecule has 16 heteroatoms. The van der Waals surface area contributed by atoms with Crippen LogP contribution in [0.25, 0.3) is 0 Å². The topological polar surface area (TPSA) is 175 Å². The van der Waals surface area contributed by atoms with Gasteiger partial charge in [-0.25, -0.2) is 10.0 Å². The maximum absolute atomic E-state index is 14.0. The van der Waals surface area contributed by atoms with E-state index in [2.05, 4.69) is 20.6 Å². The summed E-state index contributed by atoms with van der Waals surface area (Å²) in [5, 5.41) is 27.5. The van der Waals surface area contributed by atoms with Gasteiger partial charge in [0.05, 0.1) is 29.7 Å². The van der Waals surface area contributed by atoms with Gasteiger partial charge in [-0.15, -0.1) is 0 Å². The molecular weight excluding hydrogens is 580 g/mol. The summed E-state index contributed by atoms with van der Waals surface area (Å²) in [6, 6.07) is 5.82. The van der Waals surface area contributed by atoms with E-state index >= 15 is 0 Å². The van der Waals surface area contributed by atoms with Gasteiger partial charge in [0.1, 0.15) is 5.56 Å². The van der Waals surface area contributed by atoms with Crippen LogP contribution in [-0.2, 0) is 23.4 Å². The van der Waals surface area contributed by atoms with Crippen LogP contribution in [0.5, 0.6) is 0 Å². The van der Waals surface area contributed by atoms with E-state index in [0.29, 0.717) is 25.6 Å². The lowest BCUT2D eigenvalue weighted by Gasteiger charge is -2.27. The van der Waals surface area contributed by atoms with Crippen molar-refractivity contribution >= 4 is 36.8 Å². The summed E-state index contributed by atoms with van der Waals surface area (Å²) < 4.78 is 53.3.